The summed E-state index contributed by atoms with van der Waals surface area (Å²) in [6.07, 6.45) is 3.79. The minimum Gasteiger partial charge on any atom is -0.459 e. The molecule has 0 atom stereocenters. The van der Waals surface area contributed by atoms with Gasteiger partial charge in [-0.15, -0.1) is 0 Å². The van der Waals surface area contributed by atoms with Crippen LogP contribution in [-0.4, -0.2) is 53.0 Å². The summed E-state index contributed by atoms with van der Waals surface area (Å²) < 4.78 is 10.4. The Morgan fingerprint density at radius 2 is 1.79 bits per heavy atom. The quantitative estimate of drug-likeness (QED) is 0.731. The van der Waals surface area contributed by atoms with Crippen LogP contribution in [0.3, 0.4) is 0 Å². The molecule has 1 N–H and O–H groups in total. The van der Waals surface area contributed by atoms with E-state index < -0.39 is 30.0 Å². The van der Waals surface area contributed by atoms with Crippen LogP contribution >= 0.6 is 0 Å². The zero-order chi connectivity index (χ0) is 21.8. The van der Waals surface area contributed by atoms with Gasteiger partial charge in [0.25, 0.3) is 5.91 Å². The third-order valence-electron chi connectivity index (χ3n) is 5.42. The lowest BCUT2D eigenvalue weighted by Gasteiger charge is -2.38. The zero-order valence-electron chi connectivity index (χ0n) is 17.8. The Kier molecular flexibility index (Phi) is 7.07. The second-order valence-corrected chi connectivity index (χ2v) is 7.81. The van der Waals surface area contributed by atoms with Gasteiger partial charge in [-0.3, -0.25) is 4.79 Å². The summed E-state index contributed by atoms with van der Waals surface area (Å²) >= 11 is 0. The summed E-state index contributed by atoms with van der Waals surface area (Å²) in [5, 5.41) is 9.60. The number of nitrogens with one attached hydrogen (secondary N) is 1. The van der Waals surface area contributed by atoms with E-state index >= 15 is 0 Å². The number of aromatic nitrogens is 1. The second kappa shape index (κ2) is 9.12. The first-order valence-electron chi connectivity index (χ1n) is 9.88. The molecular weight excluding hydrogens is 374 g/mol. The van der Waals surface area contributed by atoms with Crippen molar-refractivity contribution in [1.29, 1.82) is 5.26 Å². The number of aryl methyl sites for hydroxylation is 1. The molecule has 1 aromatic heterocycles. The Bertz CT molecular complexity index is 828. The highest BCUT2D eigenvalue weighted by molar-refractivity contribution is 5.99. The van der Waals surface area contributed by atoms with Gasteiger partial charge in [0.15, 0.2) is 6.61 Å². The van der Waals surface area contributed by atoms with Gasteiger partial charge >= 0.3 is 11.9 Å². The Morgan fingerprint density at radius 3 is 2.34 bits per heavy atom. The molecule has 1 aromatic rings. The van der Waals surface area contributed by atoms with Gasteiger partial charge in [-0.25, -0.2) is 9.59 Å². The SMILES string of the molecule is Cc1[nH]c(C(=O)OCC(=O)N(C)C2(C#N)CCCCC2)c(C)c1C(=O)OC(C)C. The van der Waals surface area contributed by atoms with Crippen molar-refractivity contribution in [2.75, 3.05) is 13.7 Å². The first kappa shape index (κ1) is 22.5. The van der Waals surface area contributed by atoms with E-state index in [4.69, 9.17) is 9.47 Å². The Labute approximate surface area is 171 Å². The lowest BCUT2D eigenvalue weighted by Crippen LogP contribution is -2.51. The number of amides is 1. The maximum Gasteiger partial charge on any atom is 0.355 e. The van der Waals surface area contributed by atoms with Crippen LogP contribution in [0.4, 0.5) is 0 Å². The number of likely N-dealkylation sites (N-methyl/N-ethyl adjacent to an activating group) is 1. The minimum atomic E-state index is -0.839. The number of carbonyl (C=O) groups is 3. The van der Waals surface area contributed by atoms with Crippen LogP contribution in [0.25, 0.3) is 0 Å². The number of esters is 2. The second-order valence-electron chi connectivity index (χ2n) is 7.81. The molecule has 1 fully saturated rings. The number of H-pyrrole nitrogens is 1. The Balaban J connectivity index is 2.06. The summed E-state index contributed by atoms with van der Waals surface area (Å²) in [7, 11) is 1.58. The first-order chi connectivity index (χ1) is 13.6. The molecule has 0 radical (unpaired) electrons. The molecule has 8 nitrogen and oxygen atoms in total. The molecule has 1 aliphatic carbocycles. The number of hydrogen-bond acceptors (Lipinski definition) is 6. The number of nitrogens with zero attached hydrogens (tertiary/aromatic N) is 2. The van der Waals surface area contributed by atoms with Crippen molar-refractivity contribution in [2.24, 2.45) is 0 Å². The smallest absolute Gasteiger partial charge is 0.355 e. The van der Waals surface area contributed by atoms with E-state index in [0.29, 0.717) is 29.7 Å². The van der Waals surface area contributed by atoms with Gasteiger partial charge < -0.3 is 19.4 Å². The summed E-state index contributed by atoms with van der Waals surface area (Å²) in [6, 6.07) is 2.27. The minimum absolute atomic E-state index is 0.112. The van der Waals surface area contributed by atoms with Gasteiger partial charge in [0.1, 0.15) is 11.2 Å². The van der Waals surface area contributed by atoms with Crippen LogP contribution in [0.5, 0.6) is 0 Å². The van der Waals surface area contributed by atoms with Crippen LogP contribution in [0.15, 0.2) is 0 Å². The van der Waals surface area contributed by atoms with E-state index in [1.54, 1.807) is 34.7 Å². The molecule has 1 aliphatic rings. The highest BCUT2D eigenvalue weighted by atomic mass is 16.5. The van der Waals surface area contributed by atoms with Crippen molar-refractivity contribution < 1.29 is 23.9 Å². The Hall–Kier alpha value is -2.82. The van der Waals surface area contributed by atoms with Crippen LogP contribution < -0.4 is 0 Å². The van der Waals surface area contributed by atoms with Crippen molar-refractivity contribution in [3.8, 4) is 6.07 Å². The maximum atomic E-state index is 12.5. The van der Waals surface area contributed by atoms with E-state index in [9.17, 15) is 19.6 Å². The lowest BCUT2D eigenvalue weighted by molar-refractivity contribution is -0.138. The average molecular weight is 403 g/mol. The molecule has 0 aromatic carbocycles. The molecule has 2 rings (SSSR count). The molecule has 0 saturated heterocycles. The molecule has 29 heavy (non-hydrogen) atoms. The zero-order valence-corrected chi connectivity index (χ0v) is 17.8. The van der Waals surface area contributed by atoms with Crippen molar-refractivity contribution in [3.63, 3.8) is 0 Å². The van der Waals surface area contributed by atoms with Gasteiger partial charge in [-0.2, -0.15) is 5.26 Å². The van der Waals surface area contributed by atoms with Crippen LogP contribution in [-0.2, 0) is 14.3 Å². The number of nitriles is 1. The van der Waals surface area contributed by atoms with Crippen molar-refractivity contribution >= 4 is 17.8 Å². The topological polar surface area (TPSA) is 112 Å². The fourth-order valence-electron chi connectivity index (χ4n) is 3.73. The van der Waals surface area contributed by atoms with E-state index in [0.717, 1.165) is 19.3 Å². The summed E-state index contributed by atoms with van der Waals surface area (Å²) in [6.45, 7) is 6.30. The number of rotatable bonds is 6. The molecule has 0 bridgehead atoms. The molecular formula is C21H29N3O5. The van der Waals surface area contributed by atoms with Crippen molar-refractivity contribution in [3.05, 3.63) is 22.5 Å². The normalized spacial score (nSPS) is 15.5. The lowest BCUT2D eigenvalue weighted by atomic mass is 9.81. The predicted octanol–water partition coefficient (Wildman–Crippen LogP) is 3.04. The number of ether oxygens (including phenoxy) is 2. The fourth-order valence-corrected chi connectivity index (χ4v) is 3.73. The van der Waals surface area contributed by atoms with Gasteiger partial charge in [0.2, 0.25) is 0 Å². The van der Waals surface area contributed by atoms with Gasteiger partial charge in [-0.05, 0) is 46.1 Å². The van der Waals surface area contributed by atoms with E-state index in [1.807, 2.05) is 0 Å². The van der Waals surface area contributed by atoms with Gasteiger partial charge in [0, 0.05) is 12.7 Å². The van der Waals surface area contributed by atoms with Crippen molar-refractivity contribution in [1.82, 2.24) is 9.88 Å². The van der Waals surface area contributed by atoms with Gasteiger partial charge in [0.05, 0.1) is 17.7 Å². The predicted molar refractivity (Wildman–Crippen MR) is 105 cm³/mol. The van der Waals surface area contributed by atoms with Crippen molar-refractivity contribution in [2.45, 2.75) is 71.4 Å². The standard InChI is InChI=1S/C21H29N3O5/c1-13(2)29-19(26)17-14(3)18(23-15(17)4)20(27)28-11-16(25)24(5)21(12-22)9-7-6-8-10-21/h13,23H,6-11H2,1-5H3. The number of aromatic amines is 1. The molecule has 0 spiro atoms. The molecule has 1 amide bonds. The summed E-state index contributed by atoms with van der Waals surface area (Å²) in [5.41, 5.74) is 0.476. The molecule has 8 heteroatoms. The average Bonchev–Trinajstić information content (AvgIpc) is 2.99. The van der Waals surface area contributed by atoms with Crippen LogP contribution in [0, 0.1) is 25.2 Å². The maximum absolute atomic E-state index is 12.5. The van der Waals surface area contributed by atoms with Crippen LogP contribution in [0.1, 0.15) is 78.1 Å². The largest absolute Gasteiger partial charge is 0.459 e. The molecule has 1 saturated carbocycles. The third kappa shape index (κ3) is 4.78. The fraction of sp³-hybridized carbons (Fsp3) is 0.619. The molecule has 158 valence electrons. The highest BCUT2D eigenvalue weighted by Crippen LogP contribution is 2.32. The summed E-state index contributed by atoms with van der Waals surface area (Å²) in [4.78, 5) is 41.5. The molecule has 0 unspecified atom stereocenters. The first-order valence-corrected chi connectivity index (χ1v) is 9.88. The molecule has 1 heterocycles. The van der Waals surface area contributed by atoms with E-state index in [2.05, 4.69) is 11.1 Å². The monoisotopic (exact) mass is 403 g/mol. The van der Waals surface area contributed by atoms with Crippen LogP contribution in [0.2, 0.25) is 0 Å². The van der Waals surface area contributed by atoms with E-state index in [-0.39, 0.29) is 11.8 Å². The Morgan fingerprint density at radius 1 is 1.17 bits per heavy atom. The summed E-state index contributed by atoms with van der Waals surface area (Å²) in [5.74, 6) is -1.68. The van der Waals surface area contributed by atoms with Gasteiger partial charge in [-0.1, -0.05) is 19.3 Å². The third-order valence-corrected chi connectivity index (χ3v) is 5.42. The number of carbonyl (C=O) groups excluding carboxylic acids is 3. The number of hydrogen-bond donors (Lipinski definition) is 1. The highest BCUT2D eigenvalue weighted by Gasteiger charge is 2.39. The van der Waals surface area contributed by atoms with E-state index in [1.165, 1.54) is 4.90 Å². The molecule has 0 aliphatic heterocycles.